The highest BCUT2D eigenvalue weighted by atomic mass is 79.9. The highest BCUT2D eigenvalue weighted by molar-refractivity contribution is 9.11. The molecule has 5 aliphatic rings. The molecule has 276 valence electrons. The number of allylic oxidation sites excluding steroid dienone is 1. The summed E-state index contributed by atoms with van der Waals surface area (Å²) in [5.41, 5.74) is -0.178. The first-order valence-electron chi connectivity index (χ1n) is 18.1. The average Bonchev–Trinajstić information content (AvgIpc) is 3.75. The number of nitrogens with one attached hydrogen (secondary N) is 1. The topological polar surface area (TPSA) is 138 Å². The van der Waals surface area contributed by atoms with E-state index < -0.39 is 66.3 Å². The maximum absolute atomic E-state index is 15.2. The van der Waals surface area contributed by atoms with Crippen LogP contribution in [0.15, 0.2) is 83.4 Å². The summed E-state index contributed by atoms with van der Waals surface area (Å²) >= 11 is 3.63. The number of esters is 1. The van der Waals surface area contributed by atoms with Crippen LogP contribution < -0.4 is 5.32 Å². The number of morpholine rings is 1. The molecule has 1 spiro atoms. The van der Waals surface area contributed by atoms with Crippen molar-refractivity contribution in [2.24, 2.45) is 11.8 Å². The van der Waals surface area contributed by atoms with E-state index in [0.29, 0.717) is 48.3 Å². The first-order chi connectivity index (χ1) is 25.2. The maximum atomic E-state index is 15.2. The lowest BCUT2D eigenvalue weighted by molar-refractivity contribution is -0.162. The molecule has 2 aromatic rings. The summed E-state index contributed by atoms with van der Waals surface area (Å²) in [5.74, 6) is -3.90. The number of rotatable bonds is 7. The first kappa shape index (κ1) is 36.5. The van der Waals surface area contributed by atoms with Crippen LogP contribution in [0.5, 0.6) is 0 Å². The van der Waals surface area contributed by atoms with Crippen molar-refractivity contribution in [2.75, 3.05) is 52.5 Å². The molecule has 7 rings (SSSR count). The molecular weight excluding hydrogens is 732 g/mol. The third kappa shape index (κ3) is 6.84. The van der Waals surface area contributed by atoms with Gasteiger partial charge in [-0.2, -0.15) is 0 Å². The molecule has 0 radical (unpaired) electrons. The van der Waals surface area contributed by atoms with Crippen LogP contribution in [0.1, 0.15) is 43.0 Å². The molecule has 5 bridgehead atoms. The zero-order chi connectivity index (χ0) is 36.4. The molecule has 13 heteroatoms. The number of aliphatic hydroxyl groups excluding tert-OH is 1. The van der Waals surface area contributed by atoms with Crippen molar-refractivity contribution in [1.82, 2.24) is 20.0 Å². The zero-order valence-corrected chi connectivity index (χ0v) is 30.7. The van der Waals surface area contributed by atoms with Crippen molar-refractivity contribution in [1.29, 1.82) is 0 Å². The molecule has 2 N–H and O–H groups in total. The fourth-order valence-electron chi connectivity index (χ4n) is 8.36. The van der Waals surface area contributed by atoms with Crippen LogP contribution in [0, 0.1) is 11.8 Å². The van der Waals surface area contributed by atoms with Gasteiger partial charge in [0.25, 0.3) is 0 Å². The van der Waals surface area contributed by atoms with Gasteiger partial charge in [-0.25, -0.2) is 0 Å². The molecule has 3 amide bonds. The van der Waals surface area contributed by atoms with E-state index in [4.69, 9.17) is 14.2 Å². The zero-order valence-electron chi connectivity index (χ0n) is 29.1. The second kappa shape index (κ2) is 15.6. The minimum Gasteiger partial charge on any atom is -0.455 e. The summed E-state index contributed by atoms with van der Waals surface area (Å²) in [6.07, 6.45) is 4.44. The van der Waals surface area contributed by atoms with E-state index in [1.165, 1.54) is 4.90 Å². The summed E-state index contributed by atoms with van der Waals surface area (Å²) < 4.78 is 19.1. The molecule has 12 nitrogen and oxygen atoms in total. The fourth-order valence-corrected chi connectivity index (χ4v) is 9.10. The van der Waals surface area contributed by atoms with E-state index in [2.05, 4.69) is 26.1 Å². The highest BCUT2D eigenvalue weighted by Crippen LogP contribution is 2.60. The lowest BCUT2D eigenvalue weighted by Gasteiger charge is -2.39. The summed E-state index contributed by atoms with van der Waals surface area (Å²) in [6, 6.07) is 15.6. The molecule has 8 atom stereocenters. The van der Waals surface area contributed by atoms with Crippen LogP contribution in [-0.4, -0.2) is 120 Å². The second-order valence-electron chi connectivity index (χ2n) is 14.1. The number of carbonyl (C=O) groups is 4. The van der Waals surface area contributed by atoms with Gasteiger partial charge in [0.1, 0.15) is 29.8 Å². The van der Waals surface area contributed by atoms with Crippen molar-refractivity contribution in [3.63, 3.8) is 0 Å². The molecule has 3 fully saturated rings. The fraction of sp³-hybridized carbons (Fsp3) is 0.487. The van der Waals surface area contributed by atoms with Crippen molar-refractivity contribution < 1.29 is 38.5 Å². The van der Waals surface area contributed by atoms with E-state index in [1.54, 1.807) is 17.9 Å². The Kier molecular flexibility index (Phi) is 11.0. The van der Waals surface area contributed by atoms with E-state index >= 15 is 4.79 Å². The van der Waals surface area contributed by atoms with Crippen LogP contribution in [0.25, 0.3) is 0 Å². The number of likely N-dealkylation sites (tertiary alicyclic amines) is 1. The number of ether oxygens (including phenoxy) is 3. The minimum atomic E-state index is -1.51. The number of nitrogens with zero attached hydrogens (tertiary/aromatic N) is 3. The molecule has 0 aromatic heterocycles. The van der Waals surface area contributed by atoms with Crippen LogP contribution in [0.4, 0.5) is 0 Å². The van der Waals surface area contributed by atoms with Gasteiger partial charge >= 0.3 is 5.97 Å². The Hall–Kier alpha value is -3.88. The average molecular weight is 778 g/mol. The Bertz CT molecular complexity index is 1700. The Labute approximate surface area is 311 Å². The number of hydrogen-bond acceptors (Lipinski definition) is 9. The van der Waals surface area contributed by atoms with Crippen LogP contribution in [0.2, 0.25) is 0 Å². The quantitative estimate of drug-likeness (QED) is 0.321. The molecule has 0 aliphatic carbocycles. The number of hydrogen-bond donors (Lipinski definition) is 2. The largest absolute Gasteiger partial charge is 0.455 e. The normalized spacial score (nSPS) is 32.6. The molecule has 0 saturated carbocycles. The molecule has 5 heterocycles. The number of fused-ring (bicyclic) bond motifs is 2. The van der Waals surface area contributed by atoms with E-state index in [0.717, 1.165) is 13.1 Å². The number of benzene rings is 2. The monoisotopic (exact) mass is 776 g/mol. The second-order valence-corrected chi connectivity index (χ2v) is 15.0. The van der Waals surface area contributed by atoms with Gasteiger partial charge < -0.3 is 34.4 Å². The minimum absolute atomic E-state index is 0.201. The van der Waals surface area contributed by atoms with Gasteiger partial charge in [0.15, 0.2) is 0 Å². The van der Waals surface area contributed by atoms with Gasteiger partial charge in [-0.3, -0.25) is 24.1 Å². The summed E-state index contributed by atoms with van der Waals surface area (Å²) in [6.45, 7) is 5.19. The van der Waals surface area contributed by atoms with Gasteiger partial charge in [0, 0.05) is 43.6 Å². The summed E-state index contributed by atoms with van der Waals surface area (Å²) in [7, 11) is 0. The number of aliphatic hydroxyl groups is 1. The standard InChI is InChI=1S/C39H45BrN4O8/c1-25-33(27-13-7-3-8-14-27)51-38(49)31-32-36(47)44(29(24-45)26-11-5-2-6-12-26)35(39(32)23-28(40)34(31)52-39)37(48)43(16-10-4-9-15-30(46)41-25)18-17-42-19-21-50-22-20-42/h2-8,10-14,23,25,29,31-35,45H,9,15-22,24H2,1H3,(H,41,46)/b10-4-/t25-,29+,31+,32-,33+,34+,35+,39-/m0/s1. The number of carbonyl (C=O) groups excluding carboxylic acids is 4. The molecular formula is C39H45BrN4O8. The number of cyclic esters (lactones) is 1. The van der Waals surface area contributed by atoms with Crippen LogP contribution in [-0.2, 0) is 33.4 Å². The van der Waals surface area contributed by atoms with Gasteiger partial charge in [-0.1, -0.05) is 88.7 Å². The molecule has 0 unspecified atom stereocenters. The molecule has 5 aliphatic heterocycles. The van der Waals surface area contributed by atoms with E-state index in [-0.39, 0.29) is 24.8 Å². The smallest absolute Gasteiger partial charge is 0.313 e. The molecule has 52 heavy (non-hydrogen) atoms. The van der Waals surface area contributed by atoms with E-state index in [9.17, 15) is 19.5 Å². The maximum Gasteiger partial charge on any atom is 0.313 e. The third-order valence-corrected chi connectivity index (χ3v) is 11.6. The highest BCUT2D eigenvalue weighted by Gasteiger charge is 2.75. The Balaban J connectivity index is 1.32. The number of halogens is 1. The Morgan fingerprint density at radius 2 is 1.65 bits per heavy atom. The third-order valence-electron chi connectivity index (χ3n) is 10.9. The SMILES string of the molecule is C[C@@H]1NC(=O)CC/C=C\CN(CCN2CCOCC2)C(=O)[C@H]2N([C@H](CO)c3ccccc3)C(=O)[C@@H]3[C@@H](C(=O)O[C@H]1c1ccccc1)[C@@H]1O[C@@]32C=C1Br. The van der Waals surface area contributed by atoms with Crippen molar-refractivity contribution in [3.05, 3.63) is 94.5 Å². The lowest BCUT2D eigenvalue weighted by Crippen LogP contribution is -2.57. The first-order valence-corrected chi connectivity index (χ1v) is 18.9. The van der Waals surface area contributed by atoms with Crippen molar-refractivity contribution in [3.8, 4) is 0 Å². The van der Waals surface area contributed by atoms with Crippen LogP contribution >= 0.6 is 15.9 Å². The van der Waals surface area contributed by atoms with Gasteiger partial charge in [-0.05, 0) is 30.5 Å². The predicted molar refractivity (Wildman–Crippen MR) is 194 cm³/mol. The van der Waals surface area contributed by atoms with Gasteiger partial charge in [0.05, 0.1) is 37.8 Å². The van der Waals surface area contributed by atoms with Crippen LogP contribution in [0.3, 0.4) is 0 Å². The van der Waals surface area contributed by atoms with Gasteiger partial charge in [0.2, 0.25) is 17.7 Å². The predicted octanol–water partition coefficient (Wildman–Crippen LogP) is 2.89. The Morgan fingerprint density at radius 3 is 2.37 bits per heavy atom. The molecule has 2 aromatic carbocycles. The van der Waals surface area contributed by atoms with E-state index in [1.807, 2.05) is 72.8 Å². The summed E-state index contributed by atoms with van der Waals surface area (Å²) in [4.78, 5) is 63.2. The van der Waals surface area contributed by atoms with Gasteiger partial charge in [-0.15, -0.1) is 0 Å². The van der Waals surface area contributed by atoms with Crippen molar-refractivity contribution in [2.45, 2.75) is 55.7 Å². The van der Waals surface area contributed by atoms with Crippen molar-refractivity contribution >= 4 is 39.6 Å². The Morgan fingerprint density at radius 1 is 0.942 bits per heavy atom. The summed E-state index contributed by atoms with van der Waals surface area (Å²) in [5, 5.41) is 13.9. The molecule has 3 saturated heterocycles. The lowest BCUT2D eigenvalue weighted by atomic mass is 9.74. The number of amides is 3.